The van der Waals surface area contributed by atoms with E-state index in [2.05, 4.69) is 5.32 Å². The largest absolute Gasteiger partial charge is 0.477 e. The predicted molar refractivity (Wildman–Crippen MR) is 105 cm³/mol. The molecule has 1 aromatic heterocycles. The Balaban J connectivity index is 1.34. The van der Waals surface area contributed by atoms with Crippen LogP contribution < -0.4 is 15.0 Å². The molecular weight excluding hydrogens is 374 g/mol. The minimum Gasteiger partial charge on any atom is -0.477 e. The van der Waals surface area contributed by atoms with Gasteiger partial charge in [0.15, 0.2) is 11.9 Å². The lowest BCUT2D eigenvalue weighted by Gasteiger charge is -2.36. The highest BCUT2D eigenvalue weighted by Crippen LogP contribution is 2.33. The first-order chi connectivity index (χ1) is 14.0. The van der Waals surface area contributed by atoms with Crippen molar-refractivity contribution < 1.29 is 23.5 Å². The number of hydrogen-bond acceptors (Lipinski definition) is 5. The van der Waals surface area contributed by atoms with Crippen molar-refractivity contribution in [2.24, 2.45) is 0 Å². The van der Waals surface area contributed by atoms with E-state index in [0.717, 1.165) is 0 Å². The molecule has 8 nitrogen and oxygen atoms in total. The standard InChI is InChI=1S/C21H23N3O5/c1-14(25)24-13-19(29-17-6-3-2-5-16(17)24)20(26)22-15-8-10-23(11-9-15)21(27)18-7-4-12-28-18/h2-7,12,15,19H,8-11,13H2,1H3,(H,22,26). The SMILES string of the molecule is CC(=O)N1CC(C(=O)NC2CCN(C(=O)c3ccco3)CC2)Oc2ccccc21. The Kier molecular flexibility index (Phi) is 5.24. The molecule has 0 saturated carbocycles. The lowest BCUT2D eigenvalue weighted by Crippen LogP contribution is -2.54. The smallest absolute Gasteiger partial charge is 0.289 e. The summed E-state index contributed by atoms with van der Waals surface area (Å²) in [6, 6.07) is 10.5. The summed E-state index contributed by atoms with van der Waals surface area (Å²) in [5.74, 6) is 0.327. The summed E-state index contributed by atoms with van der Waals surface area (Å²) in [5, 5.41) is 3.01. The number of anilines is 1. The number of ether oxygens (including phenoxy) is 1. The van der Waals surface area contributed by atoms with E-state index in [4.69, 9.17) is 9.15 Å². The fourth-order valence-electron chi connectivity index (χ4n) is 3.75. The van der Waals surface area contributed by atoms with E-state index >= 15 is 0 Å². The first-order valence-electron chi connectivity index (χ1n) is 9.70. The number of rotatable bonds is 3. The third-order valence-electron chi connectivity index (χ3n) is 5.31. The van der Waals surface area contributed by atoms with Crippen LogP contribution in [0.1, 0.15) is 30.3 Å². The van der Waals surface area contributed by atoms with E-state index in [0.29, 0.717) is 43.1 Å². The third kappa shape index (κ3) is 3.96. The van der Waals surface area contributed by atoms with Gasteiger partial charge in [-0.2, -0.15) is 0 Å². The van der Waals surface area contributed by atoms with Crippen molar-refractivity contribution in [3.05, 3.63) is 48.4 Å². The monoisotopic (exact) mass is 397 g/mol. The summed E-state index contributed by atoms with van der Waals surface area (Å²) in [6.45, 7) is 2.73. The van der Waals surface area contributed by atoms with Crippen LogP contribution in [0.2, 0.25) is 0 Å². The van der Waals surface area contributed by atoms with E-state index in [-0.39, 0.29) is 30.3 Å². The molecule has 4 rings (SSSR count). The molecule has 0 radical (unpaired) electrons. The first-order valence-corrected chi connectivity index (χ1v) is 9.70. The number of amides is 3. The highest BCUT2D eigenvalue weighted by atomic mass is 16.5. The van der Waals surface area contributed by atoms with Gasteiger partial charge in [0.1, 0.15) is 5.75 Å². The van der Waals surface area contributed by atoms with Crippen LogP contribution in [0.3, 0.4) is 0 Å². The number of para-hydroxylation sites is 2. The van der Waals surface area contributed by atoms with E-state index < -0.39 is 6.10 Å². The number of piperidine rings is 1. The summed E-state index contributed by atoms with van der Waals surface area (Å²) in [4.78, 5) is 40.4. The third-order valence-corrected chi connectivity index (χ3v) is 5.31. The summed E-state index contributed by atoms with van der Waals surface area (Å²) >= 11 is 0. The first kappa shape index (κ1) is 19.0. The van der Waals surface area contributed by atoms with Crippen LogP contribution in [-0.2, 0) is 9.59 Å². The number of likely N-dealkylation sites (tertiary alicyclic amines) is 1. The maximum absolute atomic E-state index is 12.8. The van der Waals surface area contributed by atoms with E-state index in [1.807, 2.05) is 12.1 Å². The van der Waals surface area contributed by atoms with Gasteiger partial charge in [-0.15, -0.1) is 0 Å². The van der Waals surface area contributed by atoms with Gasteiger partial charge in [0, 0.05) is 26.1 Å². The van der Waals surface area contributed by atoms with Crippen molar-refractivity contribution in [1.29, 1.82) is 0 Å². The molecule has 3 heterocycles. The molecule has 2 aliphatic rings. The Labute approximate surface area is 168 Å². The average molecular weight is 397 g/mol. The zero-order valence-electron chi connectivity index (χ0n) is 16.2. The van der Waals surface area contributed by atoms with Gasteiger partial charge in [-0.05, 0) is 37.1 Å². The van der Waals surface area contributed by atoms with Crippen LogP contribution in [0.25, 0.3) is 0 Å². The maximum Gasteiger partial charge on any atom is 0.289 e. The number of fused-ring (bicyclic) bond motifs is 1. The molecule has 2 aliphatic heterocycles. The van der Waals surface area contributed by atoms with Gasteiger partial charge in [-0.1, -0.05) is 12.1 Å². The zero-order chi connectivity index (χ0) is 20.4. The zero-order valence-corrected chi connectivity index (χ0v) is 16.2. The number of carbonyl (C=O) groups is 3. The van der Waals surface area contributed by atoms with Crippen molar-refractivity contribution in [2.45, 2.75) is 31.9 Å². The molecule has 0 bridgehead atoms. The topological polar surface area (TPSA) is 92.1 Å². The molecular formula is C21H23N3O5. The number of benzene rings is 1. The van der Waals surface area contributed by atoms with Crippen molar-refractivity contribution in [2.75, 3.05) is 24.5 Å². The second-order valence-electron chi connectivity index (χ2n) is 7.26. The Bertz CT molecular complexity index is 903. The van der Waals surface area contributed by atoms with Crippen LogP contribution in [-0.4, -0.2) is 54.4 Å². The molecule has 1 unspecified atom stereocenters. The Morgan fingerprint density at radius 2 is 1.83 bits per heavy atom. The number of nitrogens with zero attached hydrogens (tertiary/aromatic N) is 2. The lowest BCUT2D eigenvalue weighted by molar-refractivity contribution is -0.129. The fourth-order valence-corrected chi connectivity index (χ4v) is 3.75. The molecule has 1 atom stereocenters. The fraction of sp³-hybridized carbons (Fsp3) is 0.381. The number of nitrogens with one attached hydrogen (secondary N) is 1. The molecule has 1 saturated heterocycles. The normalized spacial score (nSPS) is 19.3. The van der Waals surface area contributed by atoms with Gasteiger partial charge in [0.25, 0.3) is 11.8 Å². The van der Waals surface area contributed by atoms with Crippen molar-refractivity contribution in [3.8, 4) is 5.75 Å². The summed E-state index contributed by atoms with van der Waals surface area (Å²) < 4.78 is 11.0. The Morgan fingerprint density at radius 1 is 1.07 bits per heavy atom. The molecule has 2 aromatic rings. The predicted octanol–water partition coefficient (Wildman–Crippen LogP) is 1.81. The second-order valence-corrected chi connectivity index (χ2v) is 7.26. The molecule has 1 aromatic carbocycles. The molecule has 1 fully saturated rings. The van der Waals surface area contributed by atoms with Gasteiger partial charge in [-0.25, -0.2) is 0 Å². The highest BCUT2D eigenvalue weighted by molar-refractivity contribution is 5.96. The minimum atomic E-state index is -0.767. The minimum absolute atomic E-state index is 0.0466. The van der Waals surface area contributed by atoms with Crippen LogP contribution >= 0.6 is 0 Å². The van der Waals surface area contributed by atoms with Crippen LogP contribution in [0.4, 0.5) is 5.69 Å². The number of carbonyl (C=O) groups excluding carboxylic acids is 3. The highest BCUT2D eigenvalue weighted by Gasteiger charge is 2.34. The average Bonchev–Trinajstić information content (AvgIpc) is 3.27. The summed E-state index contributed by atoms with van der Waals surface area (Å²) in [7, 11) is 0. The van der Waals surface area contributed by atoms with E-state index in [1.54, 1.807) is 34.1 Å². The molecule has 29 heavy (non-hydrogen) atoms. The number of hydrogen-bond donors (Lipinski definition) is 1. The second kappa shape index (κ2) is 7.98. The van der Waals surface area contributed by atoms with Crippen LogP contribution in [0.15, 0.2) is 47.1 Å². The van der Waals surface area contributed by atoms with Crippen LogP contribution in [0.5, 0.6) is 5.75 Å². The molecule has 152 valence electrons. The maximum atomic E-state index is 12.8. The quantitative estimate of drug-likeness (QED) is 0.853. The van der Waals surface area contributed by atoms with Gasteiger partial charge >= 0.3 is 0 Å². The summed E-state index contributed by atoms with van der Waals surface area (Å²) in [5.41, 5.74) is 0.675. The van der Waals surface area contributed by atoms with Crippen molar-refractivity contribution >= 4 is 23.4 Å². The van der Waals surface area contributed by atoms with Gasteiger partial charge < -0.3 is 24.3 Å². The summed E-state index contributed by atoms with van der Waals surface area (Å²) in [6.07, 6.45) is 2.01. The number of furan rings is 1. The van der Waals surface area contributed by atoms with Crippen molar-refractivity contribution in [3.63, 3.8) is 0 Å². The Morgan fingerprint density at radius 3 is 2.52 bits per heavy atom. The van der Waals surface area contributed by atoms with Gasteiger partial charge in [0.2, 0.25) is 5.91 Å². The molecule has 0 aliphatic carbocycles. The molecule has 3 amide bonds. The van der Waals surface area contributed by atoms with Crippen LogP contribution in [0, 0.1) is 0 Å². The van der Waals surface area contributed by atoms with Gasteiger partial charge in [0.05, 0.1) is 18.5 Å². The van der Waals surface area contributed by atoms with E-state index in [9.17, 15) is 14.4 Å². The Hall–Kier alpha value is -3.29. The molecule has 1 N–H and O–H groups in total. The molecule has 0 spiro atoms. The van der Waals surface area contributed by atoms with Crippen molar-refractivity contribution in [1.82, 2.24) is 10.2 Å². The molecule has 8 heteroatoms. The lowest BCUT2D eigenvalue weighted by atomic mass is 10.0. The van der Waals surface area contributed by atoms with E-state index in [1.165, 1.54) is 13.2 Å². The van der Waals surface area contributed by atoms with Gasteiger partial charge in [-0.3, -0.25) is 14.4 Å².